The van der Waals surface area contributed by atoms with Crippen molar-refractivity contribution < 1.29 is 23.8 Å². The second-order valence-corrected chi connectivity index (χ2v) is 4.78. The molecule has 0 bridgehead atoms. The average Bonchev–Trinajstić information content (AvgIpc) is 2.93. The van der Waals surface area contributed by atoms with Crippen molar-refractivity contribution in [2.75, 3.05) is 13.2 Å². The first-order valence-corrected chi connectivity index (χ1v) is 6.81. The summed E-state index contributed by atoms with van der Waals surface area (Å²) in [5, 5.41) is 11.3. The molecule has 0 fully saturated rings. The zero-order chi connectivity index (χ0) is 15.9. The fraction of sp³-hybridized carbons (Fsp3) is 0.250. The SMILES string of the molecule is Cc1cc(C(=O)NCCc2ccc(OCC(=O)O)cc2)co1. The summed E-state index contributed by atoms with van der Waals surface area (Å²) in [6.07, 6.45) is 2.10. The minimum absolute atomic E-state index is 0.168. The van der Waals surface area contributed by atoms with Gasteiger partial charge in [0, 0.05) is 6.54 Å². The number of amides is 1. The molecule has 22 heavy (non-hydrogen) atoms. The van der Waals surface area contributed by atoms with Gasteiger partial charge < -0.3 is 19.6 Å². The van der Waals surface area contributed by atoms with Crippen LogP contribution < -0.4 is 10.1 Å². The van der Waals surface area contributed by atoms with E-state index in [1.165, 1.54) is 6.26 Å². The quantitative estimate of drug-likeness (QED) is 0.817. The maximum atomic E-state index is 11.8. The Bertz CT molecular complexity index is 645. The third-order valence-corrected chi connectivity index (χ3v) is 2.98. The molecule has 0 saturated heterocycles. The number of aliphatic carboxylic acids is 1. The Morgan fingerprint density at radius 1 is 1.27 bits per heavy atom. The Kier molecular flexibility index (Phi) is 5.19. The van der Waals surface area contributed by atoms with Gasteiger partial charge in [-0.15, -0.1) is 0 Å². The van der Waals surface area contributed by atoms with Crippen LogP contribution in [0.4, 0.5) is 0 Å². The van der Waals surface area contributed by atoms with E-state index in [0.29, 0.717) is 30.0 Å². The van der Waals surface area contributed by atoms with E-state index in [4.69, 9.17) is 14.3 Å². The van der Waals surface area contributed by atoms with Crippen molar-refractivity contribution in [3.8, 4) is 5.75 Å². The predicted molar refractivity (Wildman–Crippen MR) is 79.1 cm³/mol. The summed E-state index contributed by atoms with van der Waals surface area (Å²) in [5.41, 5.74) is 1.53. The van der Waals surface area contributed by atoms with Crippen LogP contribution in [0.2, 0.25) is 0 Å². The average molecular weight is 303 g/mol. The number of carbonyl (C=O) groups is 2. The zero-order valence-electron chi connectivity index (χ0n) is 12.2. The molecule has 0 radical (unpaired) electrons. The number of aryl methyl sites for hydroxylation is 1. The van der Waals surface area contributed by atoms with Gasteiger partial charge in [-0.25, -0.2) is 4.79 Å². The molecule has 0 aliphatic heterocycles. The van der Waals surface area contributed by atoms with Gasteiger partial charge in [-0.3, -0.25) is 4.79 Å². The van der Waals surface area contributed by atoms with Gasteiger partial charge in [0.25, 0.3) is 5.91 Å². The van der Waals surface area contributed by atoms with E-state index in [0.717, 1.165) is 5.56 Å². The lowest BCUT2D eigenvalue weighted by atomic mass is 10.1. The van der Waals surface area contributed by atoms with Crippen LogP contribution in [0.15, 0.2) is 41.0 Å². The van der Waals surface area contributed by atoms with Gasteiger partial charge in [0.1, 0.15) is 17.8 Å². The largest absolute Gasteiger partial charge is 0.482 e. The highest BCUT2D eigenvalue weighted by atomic mass is 16.5. The number of nitrogens with one attached hydrogen (secondary N) is 1. The summed E-state index contributed by atoms with van der Waals surface area (Å²) in [5.74, 6) is 0.0192. The van der Waals surface area contributed by atoms with Crippen LogP contribution in [-0.2, 0) is 11.2 Å². The van der Waals surface area contributed by atoms with Gasteiger partial charge in [0.15, 0.2) is 6.61 Å². The van der Waals surface area contributed by atoms with E-state index < -0.39 is 5.97 Å². The Morgan fingerprint density at radius 2 is 2.00 bits per heavy atom. The molecule has 2 N–H and O–H groups in total. The molecule has 6 nitrogen and oxygen atoms in total. The van der Waals surface area contributed by atoms with Crippen LogP contribution in [0.1, 0.15) is 21.7 Å². The smallest absolute Gasteiger partial charge is 0.341 e. The Morgan fingerprint density at radius 3 is 2.59 bits per heavy atom. The van der Waals surface area contributed by atoms with Crippen molar-refractivity contribution in [1.82, 2.24) is 5.32 Å². The van der Waals surface area contributed by atoms with Crippen LogP contribution in [0.5, 0.6) is 5.75 Å². The van der Waals surface area contributed by atoms with E-state index in [2.05, 4.69) is 5.32 Å². The van der Waals surface area contributed by atoms with E-state index in [-0.39, 0.29) is 12.5 Å². The number of furan rings is 1. The van der Waals surface area contributed by atoms with Crippen LogP contribution in [0.3, 0.4) is 0 Å². The van der Waals surface area contributed by atoms with Gasteiger partial charge in [0.2, 0.25) is 0 Å². The summed E-state index contributed by atoms with van der Waals surface area (Å²) in [7, 11) is 0. The van der Waals surface area contributed by atoms with Gasteiger partial charge in [0.05, 0.1) is 5.56 Å². The van der Waals surface area contributed by atoms with E-state index in [1.807, 2.05) is 12.1 Å². The van der Waals surface area contributed by atoms with Gasteiger partial charge in [-0.05, 0) is 37.1 Å². The second-order valence-electron chi connectivity index (χ2n) is 4.78. The maximum Gasteiger partial charge on any atom is 0.341 e. The molecule has 1 amide bonds. The maximum absolute atomic E-state index is 11.8. The standard InChI is InChI=1S/C16H17NO5/c1-11-8-13(9-21-11)16(20)17-7-6-12-2-4-14(5-3-12)22-10-15(18)19/h2-5,8-9H,6-7,10H2,1H3,(H,17,20)(H,18,19). The predicted octanol–water partition coefficient (Wildman–Crippen LogP) is 2.02. The number of hydrogen-bond acceptors (Lipinski definition) is 4. The van der Waals surface area contributed by atoms with Crippen LogP contribution >= 0.6 is 0 Å². The van der Waals surface area contributed by atoms with Crippen molar-refractivity contribution >= 4 is 11.9 Å². The van der Waals surface area contributed by atoms with Crippen LogP contribution in [0.25, 0.3) is 0 Å². The van der Waals surface area contributed by atoms with Crippen molar-refractivity contribution in [3.05, 3.63) is 53.5 Å². The third kappa shape index (κ3) is 4.66. The molecule has 0 spiro atoms. The molecule has 1 aromatic heterocycles. The number of benzene rings is 1. The minimum atomic E-state index is -1.01. The van der Waals surface area contributed by atoms with Crippen molar-refractivity contribution in [2.45, 2.75) is 13.3 Å². The molecule has 1 heterocycles. The van der Waals surface area contributed by atoms with E-state index >= 15 is 0 Å². The number of ether oxygens (including phenoxy) is 1. The molecule has 0 aliphatic rings. The normalized spacial score (nSPS) is 10.2. The number of hydrogen-bond donors (Lipinski definition) is 2. The van der Waals surface area contributed by atoms with Crippen molar-refractivity contribution in [2.24, 2.45) is 0 Å². The fourth-order valence-electron chi connectivity index (χ4n) is 1.88. The molecule has 0 saturated carbocycles. The first kappa shape index (κ1) is 15.6. The molecule has 116 valence electrons. The lowest BCUT2D eigenvalue weighted by molar-refractivity contribution is -0.139. The monoisotopic (exact) mass is 303 g/mol. The van der Waals surface area contributed by atoms with E-state index in [9.17, 15) is 9.59 Å². The number of rotatable bonds is 7. The van der Waals surface area contributed by atoms with Gasteiger partial charge in [-0.1, -0.05) is 12.1 Å². The number of carboxylic acid groups (broad SMARTS) is 1. The Hall–Kier alpha value is -2.76. The molecule has 2 rings (SSSR count). The highest BCUT2D eigenvalue weighted by Gasteiger charge is 2.07. The van der Waals surface area contributed by atoms with Crippen molar-refractivity contribution in [3.63, 3.8) is 0 Å². The van der Waals surface area contributed by atoms with Gasteiger partial charge in [-0.2, -0.15) is 0 Å². The summed E-state index contributed by atoms with van der Waals surface area (Å²) in [6.45, 7) is 1.92. The number of carbonyl (C=O) groups excluding carboxylic acids is 1. The summed E-state index contributed by atoms with van der Waals surface area (Å²) in [6, 6.07) is 8.78. The summed E-state index contributed by atoms with van der Waals surface area (Å²) in [4.78, 5) is 22.2. The topological polar surface area (TPSA) is 88.8 Å². The van der Waals surface area contributed by atoms with Crippen molar-refractivity contribution in [1.29, 1.82) is 0 Å². The lowest BCUT2D eigenvalue weighted by Gasteiger charge is -2.06. The molecule has 6 heteroatoms. The van der Waals surface area contributed by atoms with E-state index in [1.54, 1.807) is 25.1 Å². The number of carboxylic acids is 1. The second kappa shape index (κ2) is 7.31. The lowest BCUT2D eigenvalue weighted by Crippen LogP contribution is -2.25. The van der Waals surface area contributed by atoms with Gasteiger partial charge >= 0.3 is 5.97 Å². The molecule has 2 aromatic rings. The van der Waals surface area contributed by atoms with Crippen LogP contribution in [-0.4, -0.2) is 30.1 Å². The molecule has 1 aromatic carbocycles. The fourth-order valence-corrected chi connectivity index (χ4v) is 1.88. The highest BCUT2D eigenvalue weighted by Crippen LogP contribution is 2.12. The molecular weight excluding hydrogens is 286 g/mol. The van der Waals surface area contributed by atoms with Crippen LogP contribution in [0, 0.1) is 6.92 Å². The summed E-state index contributed by atoms with van der Waals surface area (Å²) >= 11 is 0. The first-order valence-electron chi connectivity index (χ1n) is 6.81. The highest BCUT2D eigenvalue weighted by molar-refractivity contribution is 5.93. The molecule has 0 unspecified atom stereocenters. The molecular formula is C16H17NO5. The third-order valence-electron chi connectivity index (χ3n) is 2.98. The molecule has 0 atom stereocenters. The Labute approximate surface area is 127 Å². The molecule has 0 aliphatic carbocycles. The Balaban J connectivity index is 1.77. The first-order chi connectivity index (χ1) is 10.5. The minimum Gasteiger partial charge on any atom is -0.482 e. The summed E-state index contributed by atoms with van der Waals surface area (Å²) < 4.78 is 10.1. The zero-order valence-corrected chi connectivity index (χ0v) is 12.2.